The molecule has 2 heterocycles. The highest BCUT2D eigenvalue weighted by Gasteiger charge is 2.39. The Morgan fingerprint density at radius 3 is 2.54 bits per heavy atom. The minimum atomic E-state index is -0.701. The van der Waals surface area contributed by atoms with Crippen LogP contribution in [0.15, 0.2) is 59.4 Å². The second kappa shape index (κ2) is 7.57. The first-order chi connectivity index (χ1) is 13.5. The molecule has 28 heavy (non-hydrogen) atoms. The summed E-state index contributed by atoms with van der Waals surface area (Å²) in [5.74, 6) is 0.0589. The Bertz CT molecular complexity index is 1110. The first kappa shape index (κ1) is 18.4. The molecule has 0 spiro atoms. The molecule has 2 amide bonds. The first-order valence-electron chi connectivity index (χ1n) is 8.67. The highest BCUT2D eigenvalue weighted by molar-refractivity contribution is 8.15. The largest absolute Gasteiger partial charge is 0.364 e. The molecule has 7 nitrogen and oxygen atoms in total. The van der Waals surface area contributed by atoms with Crippen molar-refractivity contribution in [1.82, 2.24) is 14.9 Å². The number of carbonyl (C=O) groups is 2. The van der Waals surface area contributed by atoms with Gasteiger partial charge in [0.2, 0.25) is 5.91 Å². The van der Waals surface area contributed by atoms with Crippen LogP contribution in [0.3, 0.4) is 0 Å². The average molecular weight is 395 g/mol. The molecule has 3 aromatic rings. The van der Waals surface area contributed by atoms with Crippen molar-refractivity contribution in [2.75, 3.05) is 0 Å². The van der Waals surface area contributed by atoms with Crippen molar-refractivity contribution in [3.05, 3.63) is 76.3 Å². The predicted octanol–water partition coefficient (Wildman–Crippen LogP) is 2.54. The Balaban J connectivity index is 1.66. The molecule has 1 aliphatic rings. The molecule has 142 valence electrons. The molecule has 2 aromatic carbocycles. The third-order valence-corrected chi connectivity index (χ3v) is 5.62. The summed E-state index contributed by atoms with van der Waals surface area (Å²) in [6.45, 7) is 0.0225. The minimum Gasteiger partial charge on any atom is -0.364 e. The van der Waals surface area contributed by atoms with Crippen molar-refractivity contribution < 1.29 is 14.3 Å². The van der Waals surface area contributed by atoms with E-state index in [0.29, 0.717) is 16.7 Å². The number of aromatic nitrogens is 2. The van der Waals surface area contributed by atoms with Gasteiger partial charge in [-0.2, -0.15) is 0 Å². The van der Waals surface area contributed by atoms with Gasteiger partial charge in [-0.1, -0.05) is 42.5 Å². The second-order valence-electron chi connectivity index (χ2n) is 6.37. The summed E-state index contributed by atoms with van der Waals surface area (Å²) in [7, 11) is 1.64. The van der Waals surface area contributed by atoms with E-state index < -0.39 is 16.6 Å². The van der Waals surface area contributed by atoms with E-state index in [2.05, 4.69) is 10.3 Å². The fourth-order valence-electron chi connectivity index (χ4n) is 3.13. The lowest BCUT2D eigenvalue weighted by Crippen LogP contribution is -2.30. The molecule has 0 bridgehead atoms. The van der Waals surface area contributed by atoms with Crippen molar-refractivity contribution in [3.63, 3.8) is 0 Å². The Morgan fingerprint density at radius 1 is 1.11 bits per heavy atom. The second-order valence-corrected chi connectivity index (χ2v) is 7.48. The van der Waals surface area contributed by atoms with Gasteiger partial charge in [-0.3, -0.25) is 24.3 Å². The maximum Gasteiger partial charge on any atom is 0.286 e. The van der Waals surface area contributed by atoms with E-state index >= 15 is 0 Å². The molecule has 0 radical (unpaired) electrons. The minimum absolute atomic E-state index is 0.0225. The number of ether oxygens (including phenoxy) is 1. The van der Waals surface area contributed by atoms with Crippen molar-refractivity contribution >= 4 is 33.8 Å². The summed E-state index contributed by atoms with van der Waals surface area (Å²) in [6.07, 6.45) is -0.652. The number of hydrogen-bond acceptors (Lipinski definition) is 6. The fraction of sp³-hybridized carbons (Fsp3) is 0.200. The number of nitrogens with one attached hydrogen (secondary N) is 1. The number of amides is 2. The van der Waals surface area contributed by atoms with E-state index in [1.165, 1.54) is 4.57 Å². The van der Waals surface area contributed by atoms with Gasteiger partial charge in [0, 0.05) is 7.05 Å². The molecule has 1 N–H and O–H groups in total. The van der Waals surface area contributed by atoms with Gasteiger partial charge in [0.15, 0.2) is 0 Å². The molecule has 1 aliphatic heterocycles. The zero-order valence-corrected chi connectivity index (χ0v) is 15.8. The summed E-state index contributed by atoms with van der Waals surface area (Å²) in [5.41, 5.74) is 1.20. The molecule has 2 atom stereocenters. The number of thioether (sulfide) groups is 1. The molecular weight excluding hydrogens is 378 g/mol. The average Bonchev–Trinajstić information content (AvgIpc) is 3.04. The van der Waals surface area contributed by atoms with Gasteiger partial charge < -0.3 is 4.74 Å². The van der Waals surface area contributed by atoms with Gasteiger partial charge in [-0.05, 0) is 29.5 Å². The number of rotatable bonds is 5. The maximum atomic E-state index is 12.6. The Hall–Kier alpha value is -2.97. The van der Waals surface area contributed by atoms with Crippen LogP contribution in [-0.4, -0.2) is 25.9 Å². The molecule has 2 unspecified atom stereocenters. The summed E-state index contributed by atoms with van der Waals surface area (Å²) in [4.78, 5) is 40.9. The van der Waals surface area contributed by atoms with E-state index in [1.807, 2.05) is 36.4 Å². The van der Waals surface area contributed by atoms with Crippen molar-refractivity contribution in [2.24, 2.45) is 7.05 Å². The van der Waals surface area contributed by atoms with Crippen LogP contribution < -0.4 is 10.9 Å². The van der Waals surface area contributed by atoms with Gasteiger partial charge in [0.05, 0.1) is 10.9 Å². The van der Waals surface area contributed by atoms with Gasteiger partial charge in [0.25, 0.3) is 10.8 Å². The SMILES string of the molecule is Cn1c(COC(c2ccccc2)C2SC(=O)NC2=O)nc2ccccc2c1=O. The maximum absolute atomic E-state index is 12.6. The van der Waals surface area contributed by atoms with Crippen molar-refractivity contribution in [3.8, 4) is 0 Å². The first-order valence-corrected chi connectivity index (χ1v) is 9.55. The zero-order valence-electron chi connectivity index (χ0n) is 15.0. The van der Waals surface area contributed by atoms with Crippen LogP contribution >= 0.6 is 11.8 Å². The van der Waals surface area contributed by atoms with Crippen LogP contribution in [0.4, 0.5) is 4.79 Å². The van der Waals surface area contributed by atoms with Crippen molar-refractivity contribution in [2.45, 2.75) is 18.0 Å². The topological polar surface area (TPSA) is 90.3 Å². The molecule has 1 saturated heterocycles. The number of carbonyl (C=O) groups excluding carboxylic acids is 2. The van der Waals surface area contributed by atoms with E-state index in [4.69, 9.17) is 4.74 Å². The Morgan fingerprint density at radius 2 is 1.82 bits per heavy atom. The summed E-state index contributed by atoms with van der Waals surface area (Å²) in [5, 5.41) is 1.73. The smallest absolute Gasteiger partial charge is 0.286 e. The summed E-state index contributed by atoms with van der Waals surface area (Å²) < 4.78 is 7.49. The summed E-state index contributed by atoms with van der Waals surface area (Å²) in [6, 6.07) is 16.3. The van der Waals surface area contributed by atoms with Crippen LogP contribution in [0.25, 0.3) is 10.9 Å². The predicted molar refractivity (Wildman–Crippen MR) is 106 cm³/mol. The van der Waals surface area contributed by atoms with Gasteiger partial charge in [-0.25, -0.2) is 4.98 Å². The molecule has 1 fully saturated rings. The van der Waals surface area contributed by atoms with Crippen LogP contribution in [0, 0.1) is 0 Å². The highest BCUT2D eigenvalue weighted by Crippen LogP contribution is 2.34. The molecular formula is C20H17N3O4S. The number of hydrogen-bond donors (Lipinski definition) is 1. The van der Waals surface area contributed by atoms with Crippen LogP contribution in [0.5, 0.6) is 0 Å². The van der Waals surface area contributed by atoms with Crippen molar-refractivity contribution in [1.29, 1.82) is 0 Å². The number of fused-ring (bicyclic) bond motifs is 1. The molecule has 4 rings (SSSR count). The number of benzene rings is 2. The lowest BCUT2D eigenvalue weighted by atomic mass is 10.1. The summed E-state index contributed by atoms with van der Waals surface area (Å²) >= 11 is 0.908. The van der Waals surface area contributed by atoms with E-state index in [1.54, 1.807) is 25.2 Å². The normalized spacial score (nSPS) is 17.7. The monoisotopic (exact) mass is 395 g/mol. The van der Waals surface area contributed by atoms with E-state index in [0.717, 1.165) is 17.3 Å². The van der Waals surface area contributed by atoms with Crippen LogP contribution in [0.2, 0.25) is 0 Å². The molecule has 8 heteroatoms. The number of nitrogens with zero attached hydrogens (tertiary/aromatic N) is 2. The third kappa shape index (κ3) is 3.44. The standard InChI is InChI=1S/C20H17N3O4S/c1-23-15(21-14-10-6-5-9-13(14)19(23)25)11-27-16(12-7-3-2-4-8-12)17-18(24)22-20(26)28-17/h2-10,16-17H,11H2,1H3,(H,22,24,26). The lowest BCUT2D eigenvalue weighted by Gasteiger charge is -2.22. The molecule has 1 aromatic heterocycles. The van der Waals surface area contributed by atoms with Gasteiger partial charge in [0.1, 0.15) is 23.8 Å². The Kier molecular flexibility index (Phi) is 4.97. The molecule has 0 aliphatic carbocycles. The zero-order chi connectivity index (χ0) is 19.7. The van der Waals surface area contributed by atoms with Gasteiger partial charge >= 0.3 is 0 Å². The fourth-order valence-corrected chi connectivity index (χ4v) is 4.04. The highest BCUT2D eigenvalue weighted by atomic mass is 32.2. The quantitative estimate of drug-likeness (QED) is 0.714. The third-order valence-electron chi connectivity index (χ3n) is 4.59. The Labute approximate surface area is 164 Å². The number of para-hydroxylation sites is 1. The van der Waals surface area contributed by atoms with E-state index in [9.17, 15) is 14.4 Å². The van der Waals surface area contributed by atoms with Crippen LogP contribution in [-0.2, 0) is 23.2 Å². The number of imide groups is 1. The van der Waals surface area contributed by atoms with E-state index in [-0.39, 0.29) is 18.1 Å². The molecule has 0 saturated carbocycles. The van der Waals surface area contributed by atoms with Crippen LogP contribution in [0.1, 0.15) is 17.5 Å². The van der Waals surface area contributed by atoms with Gasteiger partial charge in [-0.15, -0.1) is 0 Å². The lowest BCUT2D eigenvalue weighted by molar-refractivity contribution is -0.122.